The maximum atomic E-state index is 13.8. The molecular weight excluding hydrogens is 570 g/mol. The molecule has 2 aromatic rings. The lowest BCUT2D eigenvalue weighted by Crippen LogP contribution is -2.47. The van der Waals surface area contributed by atoms with Crippen LogP contribution in [0.4, 0.5) is 5.69 Å². The second-order valence-corrected chi connectivity index (χ2v) is 12.3. The second-order valence-electron chi connectivity index (χ2n) is 11.9. The van der Waals surface area contributed by atoms with Crippen LogP contribution in [0.15, 0.2) is 42.2 Å². The van der Waals surface area contributed by atoms with Crippen LogP contribution < -0.4 is 4.90 Å². The number of halogens is 1. The summed E-state index contributed by atoms with van der Waals surface area (Å²) in [5.74, 6) is -1.74. The van der Waals surface area contributed by atoms with Crippen molar-refractivity contribution < 1.29 is 24.3 Å². The number of hydrogen-bond donors (Lipinski definition) is 1. The van der Waals surface area contributed by atoms with Gasteiger partial charge in [-0.3, -0.25) is 29.1 Å². The van der Waals surface area contributed by atoms with Gasteiger partial charge in [0.25, 0.3) is 5.91 Å². The molecule has 0 bridgehead atoms. The Morgan fingerprint density at radius 1 is 1.12 bits per heavy atom. The summed E-state index contributed by atoms with van der Waals surface area (Å²) in [7, 11) is 0. The third-order valence-corrected chi connectivity index (χ3v) is 9.16. The van der Waals surface area contributed by atoms with E-state index in [0.29, 0.717) is 35.8 Å². The zero-order valence-corrected chi connectivity index (χ0v) is 25.6. The maximum absolute atomic E-state index is 13.8. The molecule has 1 N–H and O–H groups in total. The van der Waals surface area contributed by atoms with Gasteiger partial charge in [-0.1, -0.05) is 17.7 Å². The Kier molecular flexibility index (Phi) is 9.17. The Labute approximate surface area is 256 Å². The van der Waals surface area contributed by atoms with Crippen molar-refractivity contribution in [1.82, 2.24) is 19.7 Å². The van der Waals surface area contributed by atoms with Crippen molar-refractivity contribution in [3.63, 3.8) is 0 Å². The molecular formula is C32H38ClN5O5. The molecule has 2 atom stereocenters. The monoisotopic (exact) mass is 607 g/mol. The summed E-state index contributed by atoms with van der Waals surface area (Å²) < 4.78 is 0. The molecule has 1 aromatic carbocycles. The number of aryl methyl sites for hydroxylation is 3. The van der Waals surface area contributed by atoms with Crippen LogP contribution in [-0.4, -0.2) is 94.3 Å². The van der Waals surface area contributed by atoms with Gasteiger partial charge < -0.3 is 19.8 Å². The summed E-state index contributed by atoms with van der Waals surface area (Å²) in [4.78, 5) is 62.2. The minimum atomic E-state index is -1.06. The van der Waals surface area contributed by atoms with Gasteiger partial charge in [-0.05, 0) is 68.5 Å². The SMILES string of the molecule is Cc1ccc(N(CCCN2CC3=CN(C(=O)c4c(C)ccnc4C)CC3C2)C(=O)C2CCN(CC(=O)O)C(=O)C2)cc1Cl. The predicted molar refractivity (Wildman–Crippen MR) is 163 cm³/mol. The summed E-state index contributed by atoms with van der Waals surface area (Å²) in [6.07, 6.45) is 4.86. The fraction of sp³-hybridized carbons (Fsp3) is 0.469. The minimum absolute atomic E-state index is 0.00250. The molecule has 0 aliphatic carbocycles. The molecule has 4 heterocycles. The zero-order valence-electron chi connectivity index (χ0n) is 24.9. The van der Waals surface area contributed by atoms with Crippen LogP contribution in [0.25, 0.3) is 0 Å². The summed E-state index contributed by atoms with van der Waals surface area (Å²) in [6.45, 7) is 9.13. The third kappa shape index (κ3) is 6.75. The van der Waals surface area contributed by atoms with Crippen molar-refractivity contribution in [1.29, 1.82) is 0 Å². The fourth-order valence-corrected chi connectivity index (χ4v) is 6.55. The lowest BCUT2D eigenvalue weighted by atomic mass is 9.94. The van der Waals surface area contributed by atoms with Gasteiger partial charge in [0.05, 0.1) is 11.3 Å². The maximum Gasteiger partial charge on any atom is 0.323 e. The largest absolute Gasteiger partial charge is 0.480 e. The number of nitrogens with zero attached hydrogens (tertiary/aromatic N) is 5. The first-order valence-electron chi connectivity index (χ1n) is 14.7. The quantitative estimate of drug-likeness (QED) is 0.462. The van der Waals surface area contributed by atoms with Crippen molar-refractivity contribution in [2.75, 3.05) is 50.7 Å². The van der Waals surface area contributed by atoms with E-state index in [9.17, 15) is 19.2 Å². The average Bonchev–Trinajstić information content (AvgIpc) is 3.52. The number of piperidine rings is 1. The summed E-state index contributed by atoms with van der Waals surface area (Å²) in [5, 5.41) is 9.65. The Bertz CT molecular complexity index is 1460. The predicted octanol–water partition coefficient (Wildman–Crippen LogP) is 3.68. The van der Waals surface area contributed by atoms with E-state index in [1.807, 2.05) is 50.1 Å². The van der Waals surface area contributed by atoms with Crippen LogP contribution in [0.2, 0.25) is 5.02 Å². The Morgan fingerprint density at radius 2 is 1.91 bits per heavy atom. The highest BCUT2D eigenvalue weighted by Gasteiger charge is 2.37. The van der Waals surface area contributed by atoms with E-state index in [0.717, 1.165) is 42.9 Å². The summed E-state index contributed by atoms with van der Waals surface area (Å²) in [5.41, 5.74) is 5.19. The number of benzene rings is 1. The van der Waals surface area contributed by atoms with Crippen molar-refractivity contribution >= 4 is 41.0 Å². The molecule has 3 aliphatic rings. The van der Waals surface area contributed by atoms with Crippen LogP contribution >= 0.6 is 11.6 Å². The topological polar surface area (TPSA) is 114 Å². The van der Waals surface area contributed by atoms with Crippen LogP contribution in [0, 0.1) is 32.6 Å². The highest BCUT2D eigenvalue weighted by atomic mass is 35.5. The molecule has 2 fully saturated rings. The molecule has 11 heteroatoms. The smallest absolute Gasteiger partial charge is 0.323 e. The first-order chi connectivity index (χ1) is 20.5. The molecule has 43 heavy (non-hydrogen) atoms. The first kappa shape index (κ1) is 30.7. The number of carboxylic acids is 1. The number of carbonyl (C=O) groups excluding carboxylic acids is 3. The number of fused-ring (bicyclic) bond motifs is 1. The van der Waals surface area contributed by atoms with Crippen LogP contribution in [-0.2, 0) is 14.4 Å². The van der Waals surface area contributed by atoms with Crippen molar-refractivity contribution in [2.45, 2.75) is 40.0 Å². The van der Waals surface area contributed by atoms with Crippen LogP contribution in [0.5, 0.6) is 0 Å². The van der Waals surface area contributed by atoms with Crippen LogP contribution in [0.3, 0.4) is 0 Å². The van der Waals surface area contributed by atoms with Crippen molar-refractivity contribution in [3.05, 3.63) is 69.6 Å². The molecule has 10 nitrogen and oxygen atoms in total. The number of pyridine rings is 1. The lowest BCUT2D eigenvalue weighted by Gasteiger charge is -2.33. The normalized spacial score (nSPS) is 20.3. The highest BCUT2D eigenvalue weighted by molar-refractivity contribution is 6.31. The molecule has 228 valence electrons. The minimum Gasteiger partial charge on any atom is -0.480 e. The third-order valence-electron chi connectivity index (χ3n) is 8.76. The zero-order chi connectivity index (χ0) is 30.8. The summed E-state index contributed by atoms with van der Waals surface area (Å²) >= 11 is 6.42. The van der Waals surface area contributed by atoms with Gasteiger partial charge in [0.15, 0.2) is 0 Å². The van der Waals surface area contributed by atoms with E-state index in [1.54, 1.807) is 17.2 Å². The van der Waals surface area contributed by atoms with E-state index in [1.165, 1.54) is 10.5 Å². The van der Waals surface area contributed by atoms with E-state index >= 15 is 0 Å². The van der Waals surface area contributed by atoms with Gasteiger partial charge in [-0.2, -0.15) is 0 Å². The van der Waals surface area contributed by atoms with Gasteiger partial charge in [0.2, 0.25) is 11.8 Å². The van der Waals surface area contributed by atoms with E-state index < -0.39 is 11.9 Å². The number of anilines is 1. The molecule has 5 rings (SSSR count). The van der Waals surface area contributed by atoms with E-state index in [2.05, 4.69) is 9.88 Å². The van der Waals surface area contributed by atoms with Gasteiger partial charge in [0, 0.05) is 80.6 Å². The number of carboxylic acid groups (broad SMARTS) is 1. The molecule has 3 aliphatic heterocycles. The number of likely N-dealkylation sites (tertiary alicyclic amines) is 2. The average molecular weight is 608 g/mol. The lowest BCUT2D eigenvalue weighted by molar-refractivity contribution is -0.147. The van der Waals surface area contributed by atoms with E-state index in [4.69, 9.17) is 16.7 Å². The molecule has 1 aromatic heterocycles. The molecule has 0 radical (unpaired) electrons. The summed E-state index contributed by atoms with van der Waals surface area (Å²) in [6, 6.07) is 7.42. The number of amides is 3. The Morgan fingerprint density at radius 3 is 2.58 bits per heavy atom. The number of rotatable bonds is 9. The van der Waals surface area contributed by atoms with Crippen LogP contribution in [0.1, 0.15) is 46.4 Å². The number of carbonyl (C=O) groups is 4. The fourth-order valence-electron chi connectivity index (χ4n) is 6.37. The Balaban J connectivity index is 1.21. The number of aromatic nitrogens is 1. The van der Waals surface area contributed by atoms with Gasteiger partial charge in [-0.15, -0.1) is 0 Å². The van der Waals surface area contributed by atoms with Gasteiger partial charge in [0.1, 0.15) is 6.54 Å². The van der Waals surface area contributed by atoms with Crippen molar-refractivity contribution in [2.24, 2.45) is 11.8 Å². The second kappa shape index (κ2) is 12.9. The van der Waals surface area contributed by atoms with Gasteiger partial charge >= 0.3 is 5.97 Å². The molecule has 0 saturated carbocycles. The standard InChI is InChI=1S/C32H38ClN5O5/c1-20-5-6-26(14-27(20)33)38(31(42)23-8-12-36(19-29(40)41)28(39)13-23)11-4-10-35-15-24-17-37(18-25(24)16-35)32(43)30-21(2)7-9-34-22(30)3/h5-7,9,14,17,23,25H,4,8,10-13,15-16,18-19H2,1-3H3,(H,40,41). The van der Waals surface area contributed by atoms with E-state index in [-0.39, 0.29) is 43.1 Å². The molecule has 2 unspecified atom stereocenters. The first-order valence-corrected chi connectivity index (χ1v) is 15.1. The van der Waals surface area contributed by atoms with Gasteiger partial charge in [-0.25, -0.2) is 0 Å². The number of aliphatic carboxylic acids is 1. The molecule has 3 amide bonds. The van der Waals surface area contributed by atoms with Crippen molar-refractivity contribution in [3.8, 4) is 0 Å². The highest BCUT2D eigenvalue weighted by Crippen LogP contribution is 2.32. The number of hydrogen-bond acceptors (Lipinski definition) is 6. The molecule has 2 saturated heterocycles. The molecule has 0 spiro atoms. The Hall–Kier alpha value is -3.76.